The minimum absolute atomic E-state index is 0.441. The molecular formula is C11H17N3O3S. The zero-order valence-corrected chi connectivity index (χ0v) is 11.0. The van der Waals surface area contributed by atoms with E-state index < -0.39 is 22.2 Å². The van der Waals surface area contributed by atoms with Gasteiger partial charge in [-0.15, -0.1) is 0 Å². The highest BCUT2D eigenvalue weighted by Gasteiger charge is 2.33. The van der Waals surface area contributed by atoms with Crippen LogP contribution in [0.5, 0.6) is 0 Å². The number of likely N-dealkylation sites (tertiary alicyclic amines) is 1. The predicted octanol–water partition coefficient (Wildman–Crippen LogP) is -0.824. The second-order valence-electron chi connectivity index (χ2n) is 4.58. The fourth-order valence-electron chi connectivity index (χ4n) is 2.11. The Balaban J connectivity index is 1.95. The molecule has 0 amide bonds. The van der Waals surface area contributed by atoms with Gasteiger partial charge in [0.05, 0.1) is 24.1 Å². The highest BCUT2D eigenvalue weighted by atomic mass is 32.2. The summed E-state index contributed by atoms with van der Waals surface area (Å²) in [4.78, 5) is 6.19. The standard InChI is InChI=1S/C11H17N3O3S/c1-18(16,17)13-10-7-14(8-11(10)15)6-9-4-2-3-5-12-9/h2-5,10-11,13,15H,6-8H2,1H3/t10-,11-/m1/s1. The molecule has 1 fully saturated rings. The lowest BCUT2D eigenvalue weighted by Crippen LogP contribution is -2.42. The number of hydrogen-bond donors (Lipinski definition) is 2. The van der Waals surface area contributed by atoms with E-state index in [0.717, 1.165) is 11.9 Å². The zero-order valence-electron chi connectivity index (χ0n) is 10.2. The second-order valence-corrected chi connectivity index (χ2v) is 6.36. The number of sulfonamides is 1. The van der Waals surface area contributed by atoms with Crippen molar-refractivity contribution in [3.05, 3.63) is 30.1 Å². The van der Waals surface area contributed by atoms with Crippen molar-refractivity contribution in [3.8, 4) is 0 Å². The summed E-state index contributed by atoms with van der Waals surface area (Å²) in [5.74, 6) is 0. The number of nitrogens with zero attached hydrogens (tertiary/aromatic N) is 2. The van der Waals surface area contributed by atoms with Crippen molar-refractivity contribution in [2.24, 2.45) is 0 Å². The third-order valence-electron chi connectivity index (χ3n) is 2.84. The van der Waals surface area contributed by atoms with Gasteiger partial charge in [0.25, 0.3) is 0 Å². The molecular weight excluding hydrogens is 254 g/mol. The number of aliphatic hydroxyl groups excluding tert-OH is 1. The summed E-state index contributed by atoms with van der Waals surface area (Å²) in [6.45, 7) is 1.55. The van der Waals surface area contributed by atoms with Crippen LogP contribution in [0.25, 0.3) is 0 Å². The molecule has 6 nitrogen and oxygen atoms in total. The molecule has 0 saturated carbocycles. The van der Waals surface area contributed by atoms with E-state index in [9.17, 15) is 13.5 Å². The number of β-amino-alcohol motifs (C(OH)–C–C–N with tert-alkyl or cyclic N) is 1. The van der Waals surface area contributed by atoms with Crippen molar-refractivity contribution in [1.82, 2.24) is 14.6 Å². The first-order valence-corrected chi connectivity index (χ1v) is 7.61. The average molecular weight is 271 g/mol. The largest absolute Gasteiger partial charge is 0.390 e. The van der Waals surface area contributed by atoms with Gasteiger partial charge in [0.2, 0.25) is 10.0 Å². The maximum Gasteiger partial charge on any atom is 0.209 e. The zero-order chi connectivity index (χ0) is 13.2. The molecule has 1 aliphatic rings. The molecule has 1 saturated heterocycles. The van der Waals surface area contributed by atoms with Crippen molar-refractivity contribution < 1.29 is 13.5 Å². The molecule has 0 bridgehead atoms. The van der Waals surface area contributed by atoms with E-state index in [2.05, 4.69) is 9.71 Å². The van der Waals surface area contributed by atoms with E-state index in [1.165, 1.54) is 0 Å². The Hall–Kier alpha value is -1.02. The highest BCUT2D eigenvalue weighted by Crippen LogP contribution is 2.13. The third kappa shape index (κ3) is 3.74. The molecule has 100 valence electrons. The minimum atomic E-state index is -3.29. The number of pyridine rings is 1. The molecule has 7 heteroatoms. The van der Waals surface area contributed by atoms with Crippen molar-refractivity contribution in [3.63, 3.8) is 0 Å². The number of aromatic nitrogens is 1. The van der Waals surface area contributed by atoms with E-state index in [4.69, 9.17) is 0 Å². The van der Waals surface area contributed by atoms with E-state index in [1.54, 1.807) is 6.20 Å². The Labute approximate surface area is 107 Å². The lowest BCUT2D eigenvalue weighted by atomic mass is 10.2. The summed E-state index contributed by atoms with van der Waals surface area (Å²) in [5.41, 5.74) is 0.907. The van der Waals surface area contributed by atoms with Crippen molar-refractivity contribution in [2.75, 3.05) is 19.3 Å². The summed E-state index contributed by atoms with van der Waals surface area (Å²) in [6, 6.07) is 5.21. The summed E-state index contributed by atoms with van der Waals surface area (Å²) in [6.07, 6.45) is 2.14. The maximum absolute atomic E-state index is 11.1. The lowest BCUT2D eigenvalue weighted by Gasteiger charge is -2.15. The molecule has 1 aromatic heterocycles. The molecule has 2 heterocycles. The van der Waals surface area contributed by atoms with E-state index in [0.29, 0.717) is 19.6 Å². The summed E-state index contributed by atoms with van der Waals surface area (Å²) in [7, 11) is -3.29. The van der Waals surface area contributed by atoms with Gasteiger partial charge in [0, 0.05) is 25.8 Å². The maximum atomic E-state index is 11.1. The quantitative estimate of drug-likeness (QED) is 0.747. The Kier molecular flexibility index (Phi) is 3.96. The van der Waals surface area contributed by atoms with Crippen molar-refractivity contribution >= 4 is 10.0 Å². The smallest absolute Gasteiger partial charge is 0.209 e. The van der Waals surface area contributed by atoms with Crippen LogP contribution in [0.4, 0.5) is 0 Å². The molecule has 2 atom stereocenters. The van der Waals surface area contributed by atoms with Crippen molar-refractivity contribution in [1.29, 1.82) is 0 Å². The summed E-state index contributed by atoms with van der Waals surface area (Å²) in [5, 5.41) is 9.81. The number of aliphatic hydroxyl groups is 1. The summed E-state index contributed by atoms with van der Waals surface area (Å²) < 4.78 is 24.7. The van der Waals surface area contributed by atoms with Crippen LogP contribution in [-0.2, 0) is 16.6 Å². The van der Waals surface area contributed by atoms with E-state index in [1.807, 2.05) is 23.1 Å². The molecule has 1 aromatic rings. The van der Waals surface area contributed by atoms with Gasteiger partial charge in [-0.2, -0.15) is 0 Å². The number of rotatable bonds is 4. The lowest BCUT2D eigenvalue weighted by molar-refractivity contribution is 0.159. The number of hydrogen-bond acceptors (Lipinski definition) is 5. The summed E-state index contributed by atoms with van der Waals surface area (Å²) >= 11 is 0. The van der Waals surface area contributed by atoms with Crippen molar-refractivity contribution in [2.45, 2.75) is 18.7 Å². The van der Waals surface area contributed by atoms with E-state index >= 15 is 0 Å². The fraction of sp³-hybridized carbons (Fsp3) is 0.545. The molecule has 0 unspecified atom stereocenters. The number of nitrogens with one attached hydrogen (secondary N) is 1. The van der Waals surface area contributed by atoms with Gasteiger partial charge in [-0.3, -0.25) is 9.88 Å². The van der Waals surface area contributed by atoms with Gasteiger partial charge in [0.1, 0.15) is 0 Å². The molecule has 0 spiro atoms. The van der Waals surface area contributed by atoms with Crippen LogP contribution in [0.1, 0.15) is 5.69 Å². The van der Waals surface area contributed by atoms with E-state index in [-0.39, 0.29) is 0 Å². The highest BCUT2D eigenvalue weighted by molar-refractivity contribution is 7.88. The molecule has 2 rings (SSSR count). The third-order valence-corrected chi connectivity index (χ3v) is 3.57. The molecule has 0 aromatic carbocycles. The molecule has 0 radical (unpaired) electrons. The first-order valence-electron chi connectivity index (χ1n) is 5.72. The predicted molar refractivity (Wildman–Crippen MR) is 67.3 cm³/mol. The Morgan fingerprint density at radius 1 is 1.50 bits per heavy atom. The van der Waals surface area contributed by atoms with Gasteiger partial charge >= 0.3 is 0 Å². The average Bonchev–Trinajstić information content (AvgIpc) is 2.58. The Morgan fingerprint density at radius 2 is 2.28 bits per heavy atom. The van der Waals surface area contributed by atoms with Crippen LogP contribution < -0.4 is 4.72 Å². The van der Waals surface area contributed by atoms with Crippen LogP contribution in [0.2, 0.25) is 0 Å². The van der Waals surface area contributed by atoms with Crippen LogP contribution in [0.15, 0.2) is 24.4 Å². The minimum Gasteiger partial charge on any atom is -0.390 e. The molecule has 0 aliphatic carbocycles. The Morgan fingerprint density at radius 3 is 2.89 bits per heavy atom. The topological polar surface area (TPSA) is 82.5 Å². The second kappa shape index (κ2) is 5.31. The molecule has 1 aliphatic heterocycles. The van der Waals surface area contributed by atoms with Gasteiger partial charge in [0.15, 0.2) is 0 Å². The van der Waals surface area contributed by atoms with Crippen LogP contribution in [-0.4, -0.2) is 54.9 Å². The SMILES string of the molecule is CS(=O)(=O)N[C@@H]1CN(Cc2ccccn2)C[C@H]1O. The normalized spacial score (nSPS) is 25.4. The van der Waals surface area contributed by atoms with Crippen LogP contribution in [0.3, 0.4) is 0 Å². The first kappa shape index (κ1) is 13.4. The molecule has 18 heavy (non-hydrogen) atoms. The fourth-order valence-corrected chi connectivity index (χ4v) is 2.89. The van der Waals surface area contributed by atoms with Gasteiger partial charge in [-0.1, -0.05) is 6.07 Å². The van der Waals surface area contributed by atoms with Crippen LogP contribution >= 0.6 is 0 Å². The monoisotopic (exact) mass is 271 g/mol. The van der Waals surface area contributed by atoms with Gasteiger partial charge in [-0.25, -0.2) is 13.1 Å². The van der Waals surface area contributed by atoms with Crippen LogP contribution in [0, 0.1) is 0 Å². The van der Waals surface area contributed by atoms with Gasteiger partial charge in [-0.05, 0) is 12.1 Å². The Bertz CT molecular complexity index is 492. The van der Waals surface area contributed by atoms with Gasteiger partial charge < -0.3 is 5.11 Å². The molecule has 2 N–H and O–H groups in total. The first-order chi connectivity index (χ1) is 8.44.